The minimum atomic E-state index is -0.788. The summed E-state index contributed by atoms with van der Waals surface area (Å²) >= 11 is 0. The Kier molecular flexibility index (Phi) is 2.17. The highest BCUT2D eigenvalue weighted by atomic mass is 15.1. The second-order valence-electron chi connectivity index (χ2n) is 4.48. The molecule has 1 unspecified atom stereocenters. The van der Waals surface area contributed by atoms with Crippen LogP contribution in [0, 0.1) is 0 Å². The fourth-order valence-corrected chi connectivity index (χ4v) is 2.39. The van der Waals surface area contributed by atoms with Crippen molar-refractivity contribution in [2.24, 2.45) is 0 Å². The van der Waals surface area contributed by atoms with Crippen molar-refractivity contribution in [3.05, 3.63) is 71.3 Å². The molecule has 0 amide bonds. The van der Waals surface area contributed by atoms with Crippen LogP contribution in [0.3, 0.4) is 0 Å². The number of fused-ring (bicyclic) bond motifs is 1. The molecule has 2 aromatic carbocycles. The van der Waals surface area contributed by atoms with Gasteiger partial charge in [-0.25, -0.2) is 0 Å². The Bertz CT molecular complexity index is 584. The summed E-state index contributed by atoms with van der Waals surface area (Å²) in [6.45, 7) is 0.167. The summed E-state index contributed by atoms with van der Waals surface area (Å²) in [6, 6.07) is 17.8. The van der Waals surface area contributed by atoms with Crippen molar-refractivity contribution in [1.29, 1.82) is 0 Å². The van der Waals surface area contributed by atoms with E-state index in [0.29, 0.717) is 6.54 Å². The van der Waals surface area contributed by atoms with E-state index in [0.717, 1.165) is 16.7 Å². The van der Waals surface area contributed by atoms with Crippen LogP contribution in [-0.4, -0.2) is 18.5 Å². The zero-order valence-electron chi connectivity index (χ0n) is 11.9. The van der Waals surface area contributed by atoms with Crippen molar-refractivity contribution in [2.75, 3.05) is 13.6 Å². The van der Waals surface area contributed by atoms with Crippen LogP contribution >= 0.6 is 0 Å². The number of hydrogen-bond acceptors (Lipinski definition) is 1. The molecule has 1 aliphatic heterocycles. The van der Waals surface area contributed by atoms with Crippen molar-refractivity contribution >= 4 is 0 Å². The van der Waals surface area contributed by atoms with E-state index in [9.17, 15) is 0 Å². The molecule has 1 aliphatic rings. The van der Waals surface area contributed by atoms with Crippen molar-refractivity contribution in [3.8, 4) is 0 Å². The SMILES string of the molecule is [2H]C1c2ccccc2[C@@]([2H])(c2ccccc2)CN1C. The highest BCUT2D eigenvalue weighted by molar-refractivity contribution is 5.40. The van der Waals surface area contributed by atoms with Gasteiger partial charge in [0, 0.05) is 21.7 Å². The summed E-state index contributed by atoms with van der Waals surface area (Å²) in [4.78, 5) is 1.93. The molecule has 0 fully saturated rings. The first kappa shape index (κ1) is 8.48. The molecular formula is C16H17N. The van der Waals surface area contributed by atoms with Gasteiger partial charge in [-0.05, 0) is 23.7 Å². The summed E-state index contributed by atoms with van der Waals surface area (Å²) in [6.07, 6.45) is 0. The number of likely N-dealkylation sites (N-methyl/N-ethyl adjacent to an activating group) is 1. The largest absolute Gasteiger partial charge is 0.301 e. The van der Waals surface area contributed by atoms with Crippen molar-refractivity contribution in [2.45, 2.75) is 12.4 Å². The highest BCUT2D eigenvalue weighted by Crippen LogP contribution is 2.32. The molecule has 0 spiro atoms. The van der Waals surface area contributed by atoms with Gasteiger partial charge in [0.2, 0.25) is 0 Å². The van der Waals surface area contributed by atoms with E-state index in [1.54, 1.807) is 0 Å². The monoisotopic (exact) mass is 225 g/mol. The van der Waals surface area contributed by atoms with Gasteiger partial charge >= 0.3 is 0 Å². The third kappa shape index (κ3) is 1.98. The second kappa shape index (κ2) is 4.34. The summed E-state index contributed by atoms with van der Waals surface area (Å²) in [7, 11) is 1.92. The Labute approximate surface area is 106 Å². The number of benzene rings is 2. The van der Waals surface area contributed by atoms with Crippen LogP contribution in [0.15, 0.2) is 54.6 Å². The van der Waals surface area contributed by atoms with Gasteiger partial charge in [-0.1, -0.05) is 54.6 Å². The fraction of sp³-hybridized carbons (Fsp3) is 0.250. The number of hydrogen-bond donors (Lipinski definition) is 0. The van der Waals surface area contributed by atoms with Crippen molar-refractivity contribution < 1.29 is 2.74 Å². The van der Waals surface area contributed by atoms with Gasteiger partial charge in [0.25, 0.3) is 0 Å². The zero-order chi connectivity index (χ0) is 13.5. The first-order chi connectivity index (χ1) is 9.13. The molecule has 3 rings (SSSR count). The first-order valence-corrected chi connectivity index (χ1v) is 5.90. The Morgan fingerprint density at radius 1 is 1.12 bits per heavy atom. The smallest absolute Gasteiger partial charge is 0.0481 e. The molecule has 0 aromatic heterocycles. The maximum atomic E-state index is 8.94. The van der Waals surface area contributed by atoms with Crippen LogP contribution < -0.4 is 0 Å². The Morgan fingerprint density at radius 2 is 1.82 bits per heavy atom. The molecule has 17 heavy (non-hydrogen) atoms. The summed E-state index contributed by atoms with van der Waals surface area (Å²) in [5.41, 5.74) is 2.88. The van der Waals surface area contributed by atoms with Gasteiger partial charge in [0.05, 0.1) is 0 Å². The molecule has 0 radical (unpaired) electrons. The molecule has 1 heterocycles. The van der Waals surface area contributed by atoms with E-state index in [1.165, 1.54) is 0 Å². The predicted octanol–water partition coefficient (Wildman–Crippen LogP) is 3.26. The van der Waals surface area contributed by atoms with Gasteiger partial charge in [0.15, 0.2) is 0 Å². The average Bonchev–Trinajstić information content (AvgIpc) is 2.46. The normalized spacial score (nSPS) is 30.3. The van der Waals surface area contributed by atoms with Gasteiger partial charge in [-0.3, -0.25) is 0 Å². The summed E-state index contributed by atoms with van der Waals surface area (Å²) < 4.78 is 17.2. The number of rotatable bonds is 1. The molecule has 2 atom stereocenters. The molecule has 0 saturated heterocycles. The van der Waals surface area contributed by atoms with Crippen LogP contribution in [0.1, 0.15) is 25.3 Å². The lowest BCUT2D eigenvalue weighted by Crippen LogP contribution is -2.30. The van der Waals surface area contributed by atoms with Gasteiger partial charge in [0.1, 0.15) is 0 Å². The van der Waals surface area contributed by atoms with E-state index in [-0.39, 0.29) is 6.52 Å². The van der Waals surface area contributed by atoms with E-state index in [1.807, 2.05) is 66.5 Å². The van der Waals surface area contributed by atoms with Crippen molar-refractivity contribution in [1.82, 2.24) is 4.90 Å². The van der Waals surface area contributed by atoms with Crippen LogP contribution in [-0.2, 0) is 6.52 Å². The Hall–Kier alpha value is -1.60. The van der Waals surface area contributed by atoms with Gasteiger partial charge in [-0.2, -0.15) is 0 Å². The predicted molar refractivity (Wildman–Crippen MR) is 71.1 cm³/mol. The minimum absolute atomic E-state index is 0.376. The first-order valence-electron chi connectivity index (χ1n) is 6.98. The molecule has 0 saturated carbocycles. The third-order valence-corrected chi connectivity index (χ3v) is 3.18. The lowest BCUT2D eigenvalue weighted by atomic mass is 9.85. The molecule has 0 bridgehead atoms. The fourth-order valence-electron chi connectivity index (χ4n) is 2.39. The molecule has 1 nitrogen and oxygen atoms in total. The lowest BCUT2D eigenvalue weighted by Gasteiger charge is -2.32. The maximum Gasteiger partial charge on any atom is 0.0481 e. The molecular weight excluding hydrogens is 206 g/mol. The van der Waals surface area contributed by atoms with Gasteiger partial charge in [-0.15, -0.1) is 0 Å². The maximum absolute atomic E-state index is 8.94. The summed E-state index contributed by atoms with van der Waals surface area (Å²) in [5, 5.41) is 0. The molecule has 86 valence electrons. The van der Waals surface area contributed by atoms with E-state index >= 15 is 0 Å². The standard InChI is InChI=1S/C16H17N/c1-17-11-14-9-5-6-10-15(14)16(12-17)13-7-3-2-4-8-13/h2-10,16H,11-12H2,1H3/t16-/m1/s1/i11D,16D/t11?,16-. The van der Waals surface area contributed by atoms with Crippen molar-refractivity contribution in [3.63, 3.8) is 0 Å². The zero-order valence-corrected chi connectivity index (χ0v) is 9.93. The third-order valence-electron chi connectivity index (χ3n) is 3.18. The molecule has 0 N–H and O–H groups in total. The molecule has 2 aromatic rings. The van der Waals surface area contributed by atoms with Crippen LogP contribution in [0.5, 0.6) is 0 Å². The average molecular weight is 225 g/mol. The Morgan fingerprint density at radius 3 is 2.65 bits per heavy atom. The molecule has 1 heteroatoms. The van der Waals surface area contributed by atoms with Crippen LogP contribution in [0.2, 0.25) is 0 Å². The Balaban J connectivity index is 2.20. The topological polar surface area (TPSA) is 3.24 Å². The minimum Gasteiger partial charge on any atom is -0.301 e. The lowest BCUT2D eigenvalue weighted by molar-refractivity contribution is 0.295. The van der Waals surface area contributed by atoms with E-state index in [4.69, 9.17) is 2.74 Å². The summed E-state index contributed by atoms with van der Waals surface area (Å²) in [5.74, 6) is -0.788. The van der Waals surface area contributed by atoms with Crippen LogP contribution in [0.4, 0.5) is 0 Å². The van der Waals surface area contributed by atoms with Crippen LogP contribution in [0.25, 0.3) is 0 Å². The second-order valence-corrected chi connectivity index (χ2v) is 4.48. The number of nitrogens with zero attached hydrogens (tertiary/aromatic N) is 1. The van der Waals surface area contributed by atoms with Gasteiger partial charge < -0.3 is 4.90 Å². The highest BCUT2D eigenvalue weighted by Gasteiger charge is 2.23. The van der Waals surface area contributed by atoms with E-state index < -0.39 is 5.89 Å². The molecule has 0 aliphatic carbocycles. The quantitative estimate of drug-likeness (QED) is 0.720. The van der Waals surface area contributed by atoms with E-state index in [2.05, 4.69) is 0 Å².